The van der Waals surface area contributed by atoms with E-state index in [1.165, 1.54) is 4.88 Å². The zero-order valence-corrected chi connectivity index (χ0v) is 26.8. The number of rotatable bonds is 9. The molecule has 0 radical (unpaired) electrons. The van der Waals surface area contributed by atoms with Gasteiger partial charge in [-0.25, -0.2) is 14.5 Å². The number of amides is 2. The van der Waals surface area contributed by atoms with E-state index in [9.17, 15) is 4.79 Å². The summed E-state index contributed by atoms with van der Waals surface area (Å²) in [6.45, 7) is 10.0. The van der Waals surface area contributed by atoms with Crippen molar-refractivity contribution in [2.75, 3.05) is 50.6 Å². The van der Waals surface area contributed by atoms with Crippen LogP contribution in [-0.4, -0.2) is 65.7 Å². The first-order valence-corrected chi connectivity index (χ1v) is 15.9. The Kier molecular flexibility index (Phi) is 9.02. The minimum atomic E-state index is -0.385. The number of aromatic nitrogens is 3. The fraction of sp³-hybridized carbons (Fsp3) is 0.324. The molecule has 0 spiro atoms. The minimum Gasteiger partial charge on any atom is -0.492 e. The topological polar surface area (TPSA) is 103 Å². The number of urea groups is 1. The first-order valence-electron chi connectivity index (χ1n) is 15.0. The Hall–Kier alpha value is -4.45. The molecule has 1 aliphatic heterocycles. The molecule has 4 heterocycles. The Bertz CT molecular complexity index is 1750. The molecule has 2 aromatic carbocycles. The average Bonchev–Trinajstić information content (AvgIpc) is 3.73. The average molecular weight is 627 g/mol. The number of pyridine rings is 1. The Labute approximate surface area is 266 Å². The van der Waals surface area contributed by atoms with Gasteiger partial charge >= 0.3 is 6.03 Å². The van der Waals surface area contributed by atoms with Gasteiger partial charge in [-0.1, -0.05) is 51.1 Å². The van der Waals surface area contributed by atoms with E-state index in [1.54, 1.807) is 35.4 Å². The van der Waals surface area contributed by atoms with E-state index in [2.05, 4.69) is 58.8 Å². The largest absolute Gasteiger partial charge is 0.492 e. The number of methoxy groups -OCH3 is 1. The number of hydrogen-bond donors (Lipinski definition) is 2. The first-order chi connectivity index (χ1) is 21.8. The van der Waals surface area contributed by atoms with Crippen LogP contribution in [0.5, 0.6) is 11.6 Å². The summed E-state index contributed by atoms with van der Waals surface area (Å²) in [5, 5.41) is 14.7. The third-order valence-corrected chi connectivity index (χ3v) is 8.67. The van der Waals surface area contributed by atoms with Crippen LogP contribution in [0.25, 0.3) is 16.5 Å². The lowest BCUT2D eigenvalue weighted by Gasteiger charge is -2.32. The SMILES string of the molecule is COc1ccc(-n2nc(C(C)(C)C)cc2NC(=O)Nc2ccc(OCCN3CCOC(c4cccs4)C3)c3ccccc23)cn1. The van der Waals surface area contributed by atoms with Gasteiger partial charge in [0.1, 0.15) is 24.3 Å². The van der Waals surface area contributed by atoms with Gasteiger partial charge in [-0.15, -0.1) is 11.3 Å². The highest BCUT2D eigenvalue weighted by Crippen LogP contribution is 2.33. The maximum atomic E-state index is 13.4. The number of fused-ring (bicyclic) bond motifs is 1. The summed E-state index contributed by atoms with van der Waals surface area (Å²) in [5.74, 6) is 1.80. The molecular formula is C34H38N6O4S. The second-order valence-electron chi connectivity index (χ2n) is 11.9. The van der Waals surface area contributed by atoms with Gasteiger partial charge in [0, 0.05) is 52.8 Å². The van der Waals surface area contributed by atoms with E-state index in [0.29, 0.717) is 36.3 Å². The summed E-state index contributed by atoms with van der Waals surface area (Å²) < 4.78 is 19.2. The molecule has 10 nitrogen and oxygen atoms in total. The summed E-state index contributed by atoms with van der Waals surface area (Å²) in [6.07, 6.45) is 1.78. The van der Waals surface area contributed by atoms with Crippen LogP contribution in [0.4, 0.5) is 16.3 Å². The van der Waals surface area contributed by atoms with Crippen LogP contribution >= 0.6 is 11.3 Å². The maximum Gasteiger partial charge on any atom is 0.324 e. The Balaban J connectivity index is 1.14. The number of nitrogens with zero attached hydrogens (tertiary/aromatic N) is 4. The molecule has 2 amide bonds. The number of nitrogens with one attached hydrogen (secondary N) is 2. The quantitative estimate of drug-likeness (QED) is 0.184. The lowest BCUT2D eigenvalue weighted by Crippen LogP contribution is -2.40. The van der Waals surface area contributed by atoms with Crippen LogP contribution in [0.2, 0.25) is 0 Å². The minimum absolute atomic E-state index is 0.114. The van der Waals surface area contributed by atoms with Gasteiger partial charge in [0.25, 0.3) is 0 Å². The molecular weight excluding hydrogens is 588 g/mol. The molecule has 5 aromatic rings. The second kappa shape index (κ2) is 13.3. The highest BCUT2D eigenvalue weighted by molar-refractivity contribution is 7.10. The molecule has 11 heteroatoms. The van der Waals surface area contributed by atoms with Crippen LogP contribution in [0, 0.1) is 0 Å². The van der Waals surface area contributed by atoms with Crippen LogP contribution in [0.3, 0.4) is 0 Å². The first kappa shape index (κ1) is 30.6. The maximum absolute atomic E-state index is 13.4. The van der Waals surface area contributed by atoms with Crippen molar-refractivity contribution in [1.82, 2.24) is 19.7 Å². The van der Waals surface area contributed by atoms with Gasteiger partial charge in [0.2, 0.25) is 5.88 Å². The van der Waals surface area contributed by atoms with Crippen LogP contribution in [0.1, 0.15) is 37.4 Å². The highest BCUT2D eigenvalue weighted by atomic mass is 32.1. The standard InChI is InChI=1S/C34H38N6O4S/c1-34(2,3)30-20-31(40(38-30)23-11-14-32(42-4)35-21-23)37-33(41)36-26-12-13-27(25-9-6-5-8-24(25)26)43-17-15-39-16-18-44-28(22-39)29-10-7-19-45-29/h5-14,19-21,28H,15-18,22H2,1-4H3,(H2,36,37,41). The molecule has 1 saturated heterocycles. The lowest BCUT2D eigenvalue weighted by atomic mass is 9.92. The van der Waals surface area contributed by atoms with Crippen molar-refractivity contribution >= 4 is 39.6 Å². The van der Waals surface area contributed by atoms with Gasteiger partial charge in [0.05, 0.1) is 37.0 Å². The molecule has 45 heavy (non-hydrogen) atoms. The summed E-state index contributed by atoms with van der Waals surface area (Å²) in [4.78, 5) is 21.3. The van der Waals surface area contributed by atoms with Crippen molar-refractivity contribution in [2.24, 2.45) is 0 Å². The predicted molar refractivity (Wildman–Crippen MR) is 178 cm³/mol. The van der Waals surface area contributed by atoms with E-state index in [1.807, 2.05) is 48.5 Å². The fourth-order valence-corrected chi connectivity index (χ4v) is 6.03. The third kappa shape index (κ3) is 7.11. The Morgan fingerprint density at radius 3 is 2.64 bits per heavy atom. The number of morpholine rings is 1. The van der Waals surface area contributed by atoms with Gasteiger partial charge in [-0.05, 0) is 29.6 Å². The normalized spacial score (nSPS) is 15.6. The van der Waals surface area contributed by atoms with Crippen molar-refractivity contribution in [3.63, 3.8) is 0 Å². The lowest BCUT2D eigenvalue weighted by molar-refractivity contribution is -0.0311. The fourth-order valence-electron chi connectivity index (χ4n) is 5.27. The van der Waals surface area contributed by atoms with Gasteiger partial charge in [0.15, 0.2) is 0 Å². The van der Waals surface area contributed by atoms with Crippen LogP contribution < -0.4 is 20.1 Å². The molecule has 1 unspecified atom stereocenters. The summed E-state index contributed by atoms with van der Waals surface area (Å²) in [5.41, 5.74) is 1.99. The van der Waals surface area contributed by atoms with Crippen molar-refractivity contribution in [3.05, 3.63) is 88.9 Å². The summed E-state index contributed by atoms with van der Waals surface area (Å²) in [6, 6.07) is 21.0. The van der Waals surface area contributed by atoms with E-state index < -0.39 is 0 Å². The van der Waals surface area contributed by atoms with Crippen molar-refractivity contribution in [2.45, 2.75) is 32.3 Å². The smallest absolute Gasteiger partial charge is 0.324 e. The molecule has 6 rings (SSSR count). The monoisotopic (exact) mass is 626 g/mol. The molecule has 1 atom stereocenters. The number of thiophene rings is 1. The van der Waals surface area contributed by atoms with Crippen LogP contribution in [0.15, 0.2) is 78.3 Å². The Morgan fingerprint density at radius 1 is 1.07 bits per heavy atom. The van der Waals surface area contributed by atoms with Gasteiger partial charge in [-0.2, -0.15) is 5.10 Å². The summed E-state index contributed by atoms with van der Waals surface area (Å²) >= 11 is 1.73. The highest BCUT2D eigenvalue weighted by Gasteiger charge is 2.24. The number of carbonyl (C=O) groups is 1. The zero-order valence-electron chi connectivity index (χ0n) is 25.9. The van der Waals surface area contributed by atoms with E-state index >= 15 is 0 Å². The third-order valence-electron chi connectivity index (χ3n) is 7.70. The zero-order chi connectivity index (χ0) is 31.4. The van der Waals surface area contributed by atoms with Crippen molar-refractivity contribution in [3.8, 4) is 17.3 Å². The van der Waals surface area contributed by atoms with E-state index in [-0.39, 0.29) is 17.6 Å². The second-order valence-corrected chi connectivity index (χ2v) is 12.9. The van der Waals surface area contributed by atoms with Crippen LogP contribution in [-0.2, 0) is 10.2 Å². The van der Waals surface area contributed by atoms with Crippen molar-refractivity contribution < 1.29 is 19.0 Å². The number of ether oxygens (including phenoxy) is 3. The molecule has 0 saturated carbocycles. The van der Waals surface area contributed by atoms with E-state index in [4.69, 9.17) is 19.3 Å². The number of hydrogen-bond acceptors (Lipinski definition) is 8. The predicted octanol–water partition coefficient (Wildman–Crippen LogP) is 6.88. The molecule has 234 valence electrons. The number of anilines is 2. The Morgan fingerprint density at radius 2 is 1.91 bits per heavy atom. The molecule has 2 N–H and O–H groups in total. The number of benzene rings is 2. The summed E-state index contributed by atoms with van der Waals surface area (Å²) in [7, 11) is 1.57. The molecule has 3 aromatic heterocycles. The van der Waals surface area contributed by atoms with Gasteiger partial charge in [-0.3, -0.25) is 10.2 Å². The van der Waals surface area contributed by atoms with E-state index in [0.717, 1.165) is 41.9 Å². The van der Waals surface area contributed by atoms with Crippen molar-refractivity contribution in [1.29, 1.82) is 0 Å². The molecule has 1 aliphatic rings. The molecule has 0 aliphatic carbocycles. The van der Waals surface area contributed by atoms with Gasteiger partial charge < -0.3 is 19.5 Å². The molecule has 1 fully saturated rings. The molecule has 0 bridgehead atoms. The number of carbonyl (C=O) groups excluding carboxylic acids is 1.